The van der Waals surface area contributed by atoms with Gasteiger partial charge in [0.05, 0.1) is 17.2 Å². The van der Waals surface area contributed by atoms with E-state index in [9.17, 15) is 9.59 Å². The summed E-state index contributed by atoms with van der Waals surface area (Å²) < 4.78 is 5.15. The number of anilines is 1. The van der Waals surface area contributed by atoms with Crippen LogP contribution in [-0.2, 0) is 4.79 Å². The number of ether oxygens (including phenoxy) is 1. The summed E-state index contributed by atoms with van der Waals surface area (Å²) in [4.78, 5) is 25.4. The van der Waals surface area contributed by atoms with Crippen LogP contribution in [-0.4, -0.2) is 35.2 Å². The van der Waals surface area contributed by atoms with Crippen LogP contribution in [0.15, 0.2) is 42.5 Å². The van der Waals surface area contributed by atoms with Gasteiger partial charge in [0, 0.05) is 11.1 Å². The number of carbonyl (C=O) groups excluding carboxylic acids is 2. The van der Waals surface area contributed by atoms with Crippen molar-refractivity contribution in [2.45, 2.75) is 19.9 Å². The van der Waals surface area contributed by atoms with Crippen LogP contribution >= 0.6 is 34.5 Å². The van der Waals surface area contributed by atoms with E-state index in [-0.39, 0.29) is 16.8 Å². The predicted octanol–water partition coefficient (Wildman–Crippen LogP) is 4.91. The SMILES string of the molecule is COc1ccc(-c2nnc(NC(=O)C(NC(=O)c3ccc(Cl)c(Cl)c3)C(C)C)s2)cc1. The third-order valence-corrected chi connectivity index (χ3v) is 6.04. The van der Waals surface area contributed by atoms with E-state index >= 15 is 0 Å². The monoisotopic (exact) mass is 478 g/mol. The van der Waals surface area contributed by atoms with Gasteiger partial charge in [-0.3, -0.25) is 14.9 Å². The van der Waals surface area contributed by atoms with Gasteiger partial charge in [-0.05, 0) is 48.4 Å². The van der Waals surface area contributed by atoms with Gasteiger partial charge in [-0.25, -0.2) is 0 Å². The lowest BCUT2D eigenvalue weighted by Crippen LogP contribution is -2.47. The average Bonchev–Trinajstić information content (AvgIpc) is 3.21. The van der Waals surface area contributed by atoms with E-state index in [0.717, 1.165) is 11.3 Å². The van der Waals surface area contributed by atoms with Crippen molar-refractivity contribution in [3.8, 4) is 16.3 Å². The highest BCUT2D eigenvalue weighted by molar-refractivity contribution is 7.18. The van der Waals surface area contributed by atoms with Crippen molar-refractivity contribution in [3.05, 3.63) is 58.1 Å². The number of halogens is 2. The fourth-order valence-corrected chi connectivity index (χ4v) is 3.75. The Bertz CT molecular complexity index is 1090. The summed E-state index contributed by atoms with van der Waals surface area (Å²) in [6, 6.07) is 11.1. The minimum atomic E-state index is -0.782. The van der Waals surface area contributed by atoms with Crippen molar-refractivity contribution in [1.29, 1.82) is 0 Å². The fraction of sp³-hybridized carbons (Fsp3) is 0.238. The average molecular weight is 479 g/mol. The molecule has 0 aliphatic rings. The lowest BCUT2D eigenvalue weighted by molar-refractivity contribution is -0.118. The van der Waals surface area contributed by atoms with E-state index < -0.39 is 11.9 Å². The van der Waals surface area contributed by atoms with E-state index in [1.165, 1.54) is 23.5 Å². The zero-order chi connectivity index (χ0) is 22.5. The Morgan fingerprint density at radius 3 is 2.35 bits per heavy atom. The maximum Gasteiger partial charge on any atom is 0.251 e. The molecule has 0 bridgehead atoms. The van der Waals surface area contributed by atoms with Gasteiger partial charge in [0.25, 0.3) is 5.91 Å². The Labute approximate surface area is 193 Å². The second kappa shape index (κ2) is 10.1. The van der Waals surface area contributed by atoms with Crippen molar-refractivity contribution >= 4 is 51.5 Å². The molecule has 0 saturated carbocycles. The third kappa shape index (κ3) is 5.72. The molecule has 1 aromatic heterocycles. The first-order valence-electron chi connectivity index (χ1n) is 9.33. The molecule has 0 aliphatic carbocycles. The van der Waals surface area contributed by atoms with Crippen LogP contribution in [0.3, 0.4) is 0 Å². The second-order valence-corrected chi connectivity index (χ2v) is 8.75. The van der Waals surface area contributed by atoms with Gasteiger partial charge in [0.2, 0.25) is 11.0 Å². The van der Waals surface area contributed by atoms with Crippen LogP contribution < -0.4 is 15.4 Å². The Balaban J connectivity index is 1.69. The Morgan fingerprint density at radius 1 is 1.03 bits per heavy atom. The van der Waals surface area contributed by atoms with Gasteiger partial charge in [0.1, 0.15) is 16.8 Å². The van der Waals surface area contributed by atoms with Gasteiger partial charge >= 0.3 is 0 Å². The maximum atomic E-state index is 12.8. The number of carbonyl (C=O) groups is 2. The summed E-state index contributed by atoms with van der Waals surface area (Å²) in [6.07, 6.45) is 0. The van der Waals surface area contributed by atoms with Gasteiger partial charge in [0.15, 0.2) is 0 Å². The molecule has 1 heterocycles. The number of rotatable bonds is 7. The van der Waals surface area contributed by atoms with Crippen LogP contribution in [0, 0.1) is 5.92 Å². The highest BCUT2D eigenvalue weighted by Crippen LogP contribution is 2.28. The molecule has 1 atom stereocenters. The molecule has 0 spiro atoms. The standard InChI is InChI=1S/C21H20Cl2N4O3S/c1-11(2)17(24-18(28)13-6-9-15(22)16(23)10-13)19(29)25-21-27-26-20(31-21)12-4-7-14(30-3)8-5-12/h4-11,17H,1-3H3,(H,24,28)(H,25,27,29). The number of nitrogens with one attached hydrogen (secondary N) is 2. The molecule has 3 rings (SSSR count). The molecule has 0 radical (unpaired) electrons. The van der Waals surface area contributed by atoms with Crippen LogP contribution in [0.25, 0.3) is 10.6 Å². The van der Waals surface area contributed by atoms with Gasteiger partial charge in [-0.15, -0.1) is 10.2 Å². The molecule has 0 saturated heterocycles. The molecular formula is C21H20Cl2N4O3S. The van der Waals surface area contributed by atoms with E-state index in [0.29, 0.717) is 20.7 Å². The molecule has 162 valence electrons. The molecular weight excluding hydrogens is 459 g/mol. The van der Waals surface area contributed by atoms with Crippen molar-refractivity contribution in [2.24, 2.45) is 5.92 Å². The van der Waals surface area contributed by atoms with Crippen molar-refractivity contribution in [3.63, 3.8) is 0 Å². The summed E-state index contributed by atoms with van der Waals surface area (Å²) in [6.45, 7) is 3.67. The largest absolute Gasteiger partial charge is 0.497 e. The Morgan fingerprint density at radius 2 is 1.74 bits per heavy atom. The fourth-order valence-electron chi connectivity index (χ4n) is 2.70. The van der Waals surface area contributed by atoms with E-state index in [1.807, 2.05) is 38.1 Å². The van der Waals surface area contributed by atoms with Crippen molar-refractivity contribution in [1.82, 2.24) is 15.5 Å². The summed E-state index contributed by atoms with van der Waals surface area (Å²) >= 11 is 13.1. The molecule has 1 unspecified atom stereocenters. The molecule has 0 fully saturated rings. The summed E-state index contributed by atoms with van der Waals surface area (Å²) in [5, 5.41) is 15.2. The predicted molar refractivity (Wildman–Crippen MR) is 123 cm³/mol. The van der Waals surface area contributed by atoms with E-state index in [4.69, 9.17) is 27.9 Å². The number of aromatic nitrogens is 2. The Kier molecular flexibility index (Phi) is 7.48. The first kappa shape index (κ1) is 23.0. The first-order valence-corrected chi connectivity index (χ1v) is 10.9. The summed E-state index contributed by atoms with van der Waals surface area (Å²) in [5.74, 6) is -0.246. The van der Waals surface area contributed by atoms with Gasteiger partial charge in [-0.2, -0.15) is 0 Å². The number of methoxy groups -OCH3 is 1. The van der Waals surface area contributed by atoms with Crippen molar-refractivity contribution < 1.29 is 14.3 Å². The third-order valence-electron chi connectivity index (χ3n) is 4.41. The zero-order valence-corrected chi connectivity index (χ0v) is 19.3. The normalized spacial score (nSPS) is 11.8. The maximum absolute atomic E-state index is 12.8. The number of amides is 2. The molecule has 10 heteroatoms. The number of hydrogen-bond acceptors (Lipinski definition) is 6. The lowest BCUT2D eigenvalue weighted by Gasteiger charge is -2.21. The summed E-state index contributed by atoms with van der Waals surface area (Å²) in [7, 11) is 1.60. The molecule has 0 aliphatic heterocycles. The summed E-state index contributed by atoms with van der Waals surface area (Å²) in [5.41, 5.74) is 1.16. The second-order valence-electron chi connectivity index (χ2n) is 6.95. The minimum Gasteiger partial charge on any atom is -0.497 e. The van der Waals surface area contributed by atoms with Gasteiger partial charge in [-0.1, -0.05) is 48.4 Å². The smallest absolute Gasteiger partial charge is 0.251 e. The topological polar surface area (TPSA) is 93.2 Å². The zero-order valence-electron chi connectivity index (χ0n) is 17.0. The lowest BCUT2D eigenvalue weighted by atomic mass is 10.0. The van der Waals surface area contributed by atoms with E-state index in [1.54, 1.807) is 13.2 Å². The van der Waals surface area contributed by atoms with Gasteiger partial charge < -0.3 is 10.1 Å². The van der Waals surface area contributed by atoms with Crippen LogP contribution in [0.5, 0.6) is 5.75 Å². The first-order chi connectivity index (χ1) is 14.8. The molecule has 7 nitrogen and oxygen atoms in total. The van der Waals surface area contributed by atoms with Crippen LogP contribution in [0.2, 0.25) is 10.0 Å². The van der Waals surface area contributed by atoms with Crippen LogP contribution in [0.4, 0.5) is 5.13 Å². The highest BCUT2D eigenvalue weighted by atomic mass is 35.5. The minimum absolute atomic E-state index is 0.166. The molecule has 3 aromatic rings. The molecule has 2 N–H and O–H groups in total. The molecule has 2 amide bonds. The van der Waals surface area contributed by atoms with Crippen LogP contribution in [0.1, 0.15) is 24.2 Å². The Hall–Kier alpha value is -2.68. The number of nitrogens with zero attached hydrogens (tertiary/aromatic N) is 2. The number of hydrogen-bond donors (Lipinski definition) is 2. The highest BCUT2D eigenvalue weighted by Gasteiger charge is 2.26. The molecule has 31 heavy (non-hydrogen) atoms. The van der Waals surface area contributed by atoms with Crippen molar-refractivity contribution in [2.75, 3.05) is 12.4 Å². The van der Waals surface area contributed by atoms with E-state index in [2.05, 4.69) is 20.8 Å². The number of benzene rings is 2. The quantitative estimate of drug-likeness (QED) is 0.502. The molecule has 2 aromatic carbocycles.